The Morgan fingerprint density at radius 2 is 2.10 bits per heavy atom. The van der Waals surface area contributed by atoms with Crippen LogP contribution in [0.15, 0.2) is 5.38 Å². The van der Waals surface area contributed by atoms with E-state index >= 15 is 0 Å². The quantitative estimate of drug-likeness (QED) is 0.930. The van der Waals surface area contributed by atoms with Crippen LogP contribution in [0.1, 0.15) is 51.2 Å². The third kappa shape index (κ3) is 4.70. The first-order valence-electron chi connectivity index (χ1n) is 7.84. The number of amides is 2. The molecule has 5 heteroatoms. The summed E-state index contributed by atoms with van der Waals surface area (Å²) in [5, 5.41) is 6.25. The molecular formula is C16H27N3OS. The number of carbonyl (C=O) groups excluding carboxylic acids is 1. The van der Waals surface area contributed by atoms with Gasteiger partial charge in [0.25, 0.3) is 0 Å². The molecule has 0 bridgehead atoms. The Kier molecular flexibility index (Phi) is 5.25. The van der Waals surface area contributed by atoms with E-state index in [1.807, 2.05) is 4.90 Å². The lowest BCUT2D eigenvalue weighted by atomic mass is 9.93. The van der Waals surface area contributed by atoms with Gasteiger partial charge in [0.2, 0.25) is 0 Å². The molecule has 1 aromatic heterocycles. The van der Waals surface area contributed by atoms with Gasteiger partial charge in [-0.3, -0.25) is 0 Å². The second kappa shape index (κ2) is 6.77. The summed E-state index contributed by atoms with van der Waals surface area (Å²) in [7, 11) is 0. The fraction of sp³-hybridized carbons (Fsp3) is 0.750. The Morgan fingerprint density at radius 3 is 2.67 bits per heavy atom. The van der Waals surface area contributed by atoms with Crippen molar-refractivity contribution in [2.45, 2.75) is 52.4 Å². The lowest BCUT2D eigenvalue weighted by Crippen LogP contribution is -2.44. The van der Waals surface area contributed by atoms with E-state index in [1.165, 1.54) is 0 Å². The first-order valence-corrected chi connectivity index (χ1v) is 8.72. The minimum absolute atomic E-state index is 0.0782. The summed E-state index contributed by atoms with van der Waals surface area (Å²) in [6.45, 7) is 11.2. The van der Waals surface area contributed by atoms with E-state index in [0.717, 1.165) is 49.0 Å². The molecule has 2 heterocycles. The highest BCUT2D eigenvalue weighted by Crippen LogP contribution is 2.24. The number of hydrogen-bond donors (Lipinski definition) is 1. The first-order chi connectivity index (χ1) is 9.86. The first kappa shape index (κ1) is 16.3. The van der Waals surface area contributed by atoms with Crippen molar-refractivity contribution in [2.24, 2.45) is 5.92 Å². The molecule has 0 aromatic carbocycles. The monoisotopic (exact) mass is 309 g/mol. The highest BCUT2D eigenvalue weighted by Gasteiger charge is 2.20. The third-order valence-corrected chi connectivity index (χ3v) is 4.91. The molecule has 2 amide bonds. The lowest BCUT2D eigenvalue weighted by Gasteiger charge is -2.30. The van der Waals surface area contributed by atoms with Crippen LogP contribution in [0.3, 0.4) is 0 Å². The van der Waals surface area contributed by atoms with Crippen LogP contribution in [-0.4, -0.2) is 35.5 Å². The van der Waals surface area contributed by atoms with Gasteiger partial charge in [-0.2, -0.15) is 0 Å². The number of likely N-dealkylation sites (tertiary alicyclic amines) is 1. The van der Waals surface area contributed by atoms with Crippen LogP contribution in [0.4, 0.5) is 4.79 Å². The normalized spacial score (nSPS) is 17.0. The van der Waals surface area contributed by atoms with Crippen LogP contribution < -0.4 is 5.32 Å². The number of nitrogens with one attached hydrogen (secondary N) is 1. The van der Waals surface area contributed by atoms with Gasteiger partial charge in [-0.1, -0.05) is 27.7 Å². The van der Waals surface area contributed by atoms with E-state index < -0.39 is 0 Å². The number of aromatic nitrogens is 1. The molecule has 1 aliphatic rings. The van der Waals surface area contributed by atoms with Gasteiger partial charge in [0.05, 0.1) is 10.7 Å². The van der Waals surface area contributed by atoms with Gasteiger partial charge in [-0.25, -0.2) is 9.78 Å². The van der Waals surface area contributed by atoms with Crippen molar-refractivity contribution < 1.29 is 4.79 Å². The SMILES string of the molecule is CC1CCN(C(=O)NCCc2nc(C(C)(C)C)cs2)CC1. The summed E-state index contributed by atoms with van der Waals surface area (Å²) in [5.41, 5.74) is 1.24. The third-order valence-electron chi connectivity index (χ3n) is 4.01. The maximum absolute atomic E-state index is 12.1. The number of piperidine rings is 1. The molecule has 0 aliphatic carbocycles. The van der Waals surface area contributed by atoms with Gasteiger partial charge >= 0.3 is 6.03 Å². The Bertz CT molecular complexity index is 470. The van der Waals surface area contributed by atoms with Gasteiger partial charge in [0, 0.05) is 36.9 Å². The van der Waals surface area contributed by atoms with Crippen molar-refractivity contribution in [1.82, 2.24) is 15.2 Å². The summed E-state index contributed by atoms with van der Waals surface area (Å²) >= 11 is 1.69. The molecule has 0 saturated carbocycles. The number of carbonyl (C=O) groups is 1. The van der Waals surface area contributed by atoms with Gasteiger partial charge in [-0.05, 0) is 18.8 Å². The average Bonchev–Trinajstić information content (AvgIpc) is 2.88. The van der Waals surface area contributed by atoms with Crippen molar-refractivity contribution in [2.75, 3.05) is 19.6 Å². The largest absolute Gasteiger partial charge is 0.338 e. The topological polar surface area (TPSA) is 45.2 Å². The fourth-order valence-electron chi connectivity index (χ4n) is 2.37. The summed E-state index contributed by atoms with van der Waals surface area (Å²) in [6, 6.07) is 0.0782. The molecule has 1 aromatic rings. The van der Waals surface area contributed by atoms with Crippen molar-refractivity contribution in [1.29, 1.82) is 0 Å². The minimum Gasteiger partial charge on any atom is -0.338 e. The standard InChI is InChI=1S/C16H27N3OS/c1-12-6-9-19(10-7-12)15(20)17-8-5-14-18-13(11-21-14)16(2,3)4/h11-12H,5-10H2,1-4H3,(H,17,20). The van der Waals surface area contributed by atoms with Crippen molar-refractivity contribution >= 4 is 17.4 Å². The van der Waals surface area contributed by atoms with E-state index in [2.05, 4.69) is 43.4 Å². The van der Waals surface area contributed by atoms with Crippen molar-refractivity contribution in [3.63, 3.8) is 0 Å². The van der Waals surface area contributed by atoms with Gasteiger partial charge in [0.15, 0.2) is 0 Å². The maximum Gasteiger partial charge on any atom is 0.317 e. The van der Waals surface area contributed by atoms with Crippen LogP contribution in [0, 0.1) is 5.92 Å². The number of rotatable bonds is 3. The molecule has 0 radical (unpaired) electrons. The molecule has 118 valence electrons. The summed E-state index contributed by atoms with van der Waals surface area (Å²) < 4.78 is 0. The smallest absolute Gasteiger partial charge is 0.317 e. The van der Waals surface area contributed by atoms with E-state index in [0.29, 0.717) is 6.54 Å². The molecule has 2 rings (SSSR count). The van der Waals surface area contributed by atoms with Gasteiger partial charge in [0.1, 0.15) is 0 Å². The number of thiazole rings is 1. The number of urea groups is 1. The van der Waals surface area contributed by atoms with E-state index in [1.54, 1.807) is 11.3 Å². The predicted octanol–water partition coefficient (Wildman–Crippen LogP) is 3.42. The van der Waals surface area contributed by atoms with Crippen LogP contribution in [0.25, 0.3) is 0 Å². The molecule has 1 N–H and O–H groups in total. The van der Waals surface area contributed by atoms with Gasteiger partial charge in [-0.15, -0.1) is 11.3 Å². The second-order valence-electron chi connectivity index (χ2n) is 7.03. The van der Waals surface area contributed by atoms with Crippen LogP contribution in [-0.2, 0) is 11.8 Å². The molecule has 0 atom stereocenters. The average molecular weight is 309 g/mol. The number of hydrogen-bond acceptors (Lipinski definition) is 3. The van der Waals surface area contributed by atoms with Crippen LogP contribution in [0.5, 0.6) is 0 Å². The molecule has 1 fully saturated rings. The van der Waals surface area contributed by atoms with Crippen molar-refractivity contribution in [3.8, 4) is 0 Å². The molecule has 4 nitrogen and oxygen atoms in total. The fourth-order valence-corrected chi connectivity index (χ4v) is 3.39. The zero-order valence-electron chi connectivity index (χ0n) is 13.6. The molecule has 0 spiro atoms. The Hall–Kier alpha value is -1.10. The molecule has 0 unspecified atom stereocenters. The Balaban J connectivity index is 1.74. The Labute approximate surface area is 132 Å². The number of nitrogens with zero attached hydrogens (tertiary/aromatic N) is 2. The highest BCUT2D eigenvalue weighted by molar-refractivity contribution is 7.09. The molecular weight excluding hydrogens is 282 g/mol. The summed E-state index contributed by atoms with van der Waals surface area (Å²) in [6.07, 6.45) is 3.06. The van der Waals surface area contributed by atoms with E-state index in [9.17, 15) is 4.79 Å². The molecule has 1 saturated heterocycles. The maximum atomic E-state index is 12.1. The zero-order valence-corrected chi connectivity index (χ0v) is 14.4. The predicted molar refractivity (Wildman–Crippen MR) is 87.9 cm³/mol. The zero-order chi connectivity index (χ0) is 15.5. The molecule has 21 heavy (non-hydrogen) atoms. The van der Waals surface area contributed by atoms with Crippen LogP contribution in [0.2, 0.25) is 0 Å². The van der Waals surface area contributed by atoms with Gasteiger partial charge < -0.3 is 10.2 Å². The Morgan fingerprint density at radius 1 is 1.43 bits per heavy atom. The van der Waals surface area contributed by atoms with E-state index in [-0.39, 0.29) is 11.4 Å². The highest BCUT2D eigenvalue weighted by atomic mass is 32.1. The van der Waals surface area contributed by atoms with Crippen molar-refractivity contribution in [3.05, 3.63) is 16.1 Å². The molecule has 1 aliphatic heterocycles. The van der Waals surface area contributed by atoms with E-state index in [4.69, 9.17) is 0 Å². The summed E-state index contributed by atoms with van der Waals surface area (Å²) in [5.74, 6) is 0.750. The second-order valence-corrected chi connectivity index (χ2v) is 7.97. The lowest BCUT2D eigenvalue weighted by molar-refractivity contribution is 0.174. The minimum atomic E-state index is 0.0782. The van der Waals surface area contributed by atoms with Crippen LogP contribution >= 0.6 is 11.3 Å². The summed E-state index contributed by atoms with van der Waals surface area (Å²) in [4.78, 5) is 18.6.